The third-order valence-electron chi connectivity index (χ3n) is 3.48. The SMILES string of the molecule is CC(NC(=O)C=Cc1ccc(OCC(N)=O)cc1)c1ccc(Cl)cc1Cl. The van der Waals surface area contributed by atoms with Gasteiger partial charge in [-0.3, -0.25) is 9.59 Å². The molecular weight excluding hydrogens is 375 g/mol. The Morgan fingerprint density at radius 3 is 2.50 bits per heavy atom. The van der Waals surface area contributed by atoms with Crippen molar-refractivity contribution in [1.29, 1.82) is 0 Å². The molecule has 0 saturated carbocycles. The number of carbonyl (C=O) groups is 2. The van der Waals surface area contributed by atoms with Crippen LogP contribution in [0, 0.1) is 0 Å². The van der Waals surface area contributed by atoms with Gasteiger partial charge < -0.3 is 15.8 Å². The highest BCUT2D eigenvalue weighted by Gasteiger charge is 2.11. The second-order valence-corrected chi connectivity index (χ2v) is 6.40. The second kappa shape index (κ2) is 9.27. The van der Waals surface area contributed by atoms with E-state index >= 15 is 0 Å². The van der Waals surface area contributed by atoms with Gasteiger partial charge in [-0.15, -0.1) is 0 Å². The Morgan fingerprint density at radius 1 is 1.19 bits per heavy atom. The summed E-state index contributed by atoms with van der Waals surface area (Å²) in [5.41, 5.74) is 6.61. The predicted octanol–water partition coefficient (Wildman–Crippen LogP) is 3.75. The lowest BCUT2D eigenvalue weighted by Gasteiger charge is -2.14. The summed E-state index contributed by atoms with van der Waals surface area (Å²) in [4.78, 5) is 22.8. The summed E-state index contributed by atoms with van der Waals surface area (Å²) >= 11 is 12.0. The first-order valence-corrected chi connectivity index (χ1v) is 8.55. The molecule has 0 aromatic heterocycles. The van der Waals surface area contributed by atoms with Crippen molar-refractivity contribution in [3.8, 4) is 5.75 Å². The molecule has 2 aromatic carbocycles. The maximum Gasteiger partial charge on any atom is 0.255 e. The van der Waals surface area contributed by atoms with Crippen LogP contribution in [-0.4, -0.2) is 18.4 Å². The van der Waals surface area contributed by atoms with Gasteiger partial charge in [0.05, 0.1) is 6.04 Å². The summed E-state index contributed by atoms with van der Waals surface area (Å²) in [6, 6.07) is 11.8. The Kier molecular flexibility index (Phi) is 7.06. The van der Waals surface area contributed by atoms with E-state index in [0.29, 0.717) is 15.8 Å². The fourth-order valence-electron chi connectivity index (χ4n) is 2.19. The Balaban J connectivity index is 1.93. The third kappa shape index (κ3) is 6.10. The van der Waals surface area contributed by atoms with Gasteiger partial charge >= 0.3 is 0 Å². The summed E-state index contributed by atoms with van der Waals surface area (Å²) in [6.07, 6.45) is 3.10. The molecule has 0 aliphatic rings. The second-order valence-electron chi connectivity index (χ2n) is 5.55. The summed E-state index contributed by atoms with van der Waals surface area (Å²) in [7, 11) is 0. The van der Waals surface area contributed by atoms with Crippen LogP contribution in [0.15, 0.2) is 48.5 Å². The topological polar surface area (TPSA) is 81.4 Å². The lowest BCUT2D eigenvalue weighted by molar-refractivity contribution is -0.120. The fraction of sp³-hybridized carbons (Fsp3) is 0.158. The van der Waals surface area contributed by atoms with E-state index in [0.717, 1.165) is 11.1 Å². The molecule has 0 radical (unpaired) electrons. The van der Waals surface area contributed by atoms with Crippen LogP contribution in [0.2, 0.25) is 10.0 Å². The van der Waals surface area contributed by atoms with Gasteiger partial charge in [-0.25, -0.2) is 0 Å². The van der Waals surface area contributed by atoms with E-state index in [9.17, 15) is 9.59 Å². The largest absolute Gasteiger partial charge is 0.484 e. The first-order chi connectivity index (χ1) is 12.3. The smallest absolute Gasteiger partial charge is 0.255 e. The maximum atomic E-state index is 12.1. The quantitative estimate of drug-likeness (QED) is 0.703. The first-order valence-electron chi connectivity index (χ1n) is 7.80. The van der Waals surface area contributed by atoms with Gasteiger partial charge in [-0.05, 0) is 48.4 Å². The minimum absolute atomic E-state index is 0.178. The molecule has 0 bridgehead atoms. The Bertz CT molecular complexity index is 820. The lowest BCUT2D eigenvalue weighted by atomic mass is 10.1. The van der Waals surface area contributed by atoms with Crippen molar-refractivity contribution in [1.82, 2.24) is 5.32 Å². The summed E-state index contributed by atoms with van der Waals surface area (Å²) in [6.45, 7) is 1.66. The Labute approximate surface area is 161 Å². The van der Waals surface area contributed by atoms with Crippen LogP contribution >= 0.6 is 23.2 Å². The number of halogens is 2. The molecule has 0 aliphatic heterocycles. The molecule has 1 atom stereocenters. The van der Waals surface area contributed by atoms with Crippen molar-refractivity contribution in [3.05, 3.63) is 69.7 Å². The number of primary amides is 1. The van der Waals surface area contributed by atoms with Gasteiger partial charge in [0.1, 0.15) is 5.75 Å². The van der Waals surface area contributed by atoms with E-state index in [1.54, 1.807) is 48.5 Å². The molecular formula is C19H18Cl2N2O3. The predicted molar refractivity (Wildman–Crippen MR) is 103 cm³/mol. The molecule has 3 N–H and O–H groups in total. The van der Waals surface area contributed by atoms with Crippen LogP contribution in [-0.2, 0) is 9.59 Å². The van der Waals surface area contributed by atoms with Crippen molar-refractivity contribution >= 4 is 41.1 Å². The van der Waals surface area contributed by atoms with Gasteiger partial charge in [-0.1, -0.05) is 41.4 Å². The van der Waals surface area contributed by atoms with E-state index in [1.165, 1.54) is 6.08 Å². The normalized spacial score (nSPS) is 12.0. The van der Waals surface area contributed by atoms with Crippen LogP contribution in [0.1, 0.15) is 24.1 Å². The van der Waals surface area contributed by atoms with E-state index in [1.807, 2.05) is 6.92 Å². The molecule has 0 aliphatic carbocycles. The van der Waals surface area contributed by atoms with Gasteiger partial charge in [-0.2, -0.15) is 0 Å². The molecule has 0 saturated heterocycles. The molecule has 2 amide bonds. The van der Waals surface area contributed by atoms with Crippen LogP contribution in [0.3, 0.4) is 0 Å². The lowest BCUT2D eigenvalue weighted by Crippen LogP contribution is -2.24. The van der Waals surface area contributed by atoms with Gasteiger partial charge in [0.2, 0.25) is 5.91 Å². The summed E-state index contributed by atoms with van der Waals surface area (Å²) in [5.74, 6) is -0.269. The average Bonchev–Trinajstić information content (AvgIpc) is 2.58. The average molecular weight is 393 g/mol. The molecule has 0 fully saturated rings. The van der Waals surface area contributed by atoms with Crippen molar-refractivity contribution in [2.24, 2.45) is 5.73 Å². The van der Waals surface area contributed by atoms with Crippen molar-refractivity contribution in [2.75, 3.05) is 6.61 Å². The minimum Gasteiger partial charge on any atom is -0.484 e. The van der Waals surface area contributed by atoms with Gasteiger partial charge in [0, 0.05) is 16.1 Å². The molecule has 0 spiro atoms. The zero-order chi connectivity index (χ0) is 19.1. The highest BCUT2D eigenvalue weighted by atomic mass is 35.5. The molecule has 2 rings (SSSR count). The molecule has 7 heteroatoms. The number of carbonyl (C=O) groups excluding carboxylic acids is 2. The highest BCUT2D eigenvalue weighted by molar-refractivity contribution is 6.35. The number of nitrogens with two attached hydrogens (primary N) is 1. The number of hydrogen-bond donors (Lipinski definition) is 2. The van der Waals surface area contributed by atoms with E-state index in [4.69, 9.17) is 33.7 Å². The number of amides is 2. The van der Waals surface area contributed by atoms with Crippen LogP contribution in [0.4, 0.5) is 0 Å². The monoisotopic (exact) mass is 392 g/mol. The third-order valence-corrected chi connectivity index (χ3v) is 4.04. The van der Waals surface area contributed by atoms with Crippen molar-refractivity contribution < 1.29 is 14.3 Å². The van der Waals surface area contributed by atoms with E-state index in [2.05, 4.69) is 5.32 Å². The maximum absolute atomic E-state index is 12.1. The molecule has 2 aromatic rings. The number of hydrogen-bond acceptors (Lipinski definition) is 3. The molecule has 26 heavy (non-hydrogen) atoms. The van der Waals surface area contributed by atoms with Crippen molar-refractivity contribution in [2.45, 2.75) is 13.0 Å². The number of nitrogens with one attached hydrogen (secondary N) is 1. The standard InChI is InChI=1S/C19H18Cl2N2O3/c1-12(16-8-5-14(20)10-17(16)21)23-19(25)9-4-13-2-6-15(7-3-13)26-11-18(22)24/h2-10,12H,11H2,1H3,(H2,22,24)(H,23,25). The molecule has 0 heterocycles. The number of benzene rings is 2. The Hall–Kier alpha value is -2.50. The summed E-state index contributed by atoms with van der Waals surface area (Å²) in [5, 5.41) is 3.88. The summed E-state index contributed by atoms with van der Waals surface area (Å²) < 4.78 is 5.17. The first kappa shape index (κ1) is 19.8. The molecule has 1 unspecified atom stereocenters. The van der Waals surface area contributed by atoms with Crippen LogP contribution < -0.4 is 15.8 Å². The zero-order valence-electron chi connectivity index (χ0n) is 14.0. The van der Waals surface area contributed by atoms with E-state index < -0.39 is 5.91 Å². The highest BCUT2D eigenvalue weighted by Crippen LogP contribution is 2.26. The Morgan fingerprint density at radius 2 is 1.88 bits per heavy atom. The molecule has 136 valence electrons. The molecule has 5 nitrogen and oxygen atoms in total. The number of rotatable bonds is 7. The van der Waals surface area contributed by atoms with Crippen LogP contribution in [0.5, 0.6) is 5.75 Å². The fourth-order valence-corrected chi connectivity index (χ4v) is 2.77. The van der Waals surface area contributed by atoms with E-state index in [-0.39, 0.29) is 18.6 Å². The van der Waals surface area contributed by atoms with Gasteiger partial charge in [0.15, 0.2) is 6.61 Å². The van der Waals surface area contributed by atoms with Crippen molar-refractivity contribution in [3.63, 3.8) is 0 Å². The number of ether oxygens (including phenoxy) is 1. The minimum atomic E-state index is -0.541. The van der Waals surface area contributed by atoms with Gasteiger partial charge in [0.25, 0.3) is 5.91 Å². The van der Waals surface area contributed by atoms with Crippen LogP contribution in [0.25, 0.3) is 6.08 Å². The zero-order valence-corrected chi connectivity index (χ0v) is 15.6.